The molecule has 1 aromatic rings. The molecule has 84 valence electrons. The first-order valence-corrected chi connectivity index (χ1v) is 6.67. The first kappa shape index (κ1) is 11.1. The number of nitrogens with zero attached hydrogens (tertiary/aromatic N) is 1. The molecule has 1 fully saturated rings. The monoisotopic (exact) mass is 224 g/mol. The van der Waals surface area contributed by atoms with Crippen molar-refractivity contribution in [3.63, 3.8) is 0 Å². The molecule has 0 aliphatic heterocycles. The highest BCUT2D eigenvalue weighted by molar-refractivity contribution is 7.07. The minimum absolute atomic E-state index is 0.425. The van der Waals surface area contributed by atoms with Crippen LogP contribution < -0.4 is 5.73 Å². The molecule has 0 radical (unpaired) electrons. The maximum atomic E-state index is 6.01. The predicted molar refractivity (Wildman–Crippen MR) is 66.0 cm³/mol. The predicted octanol–water partition coefficient (Wildman–Crippen LogP) is 2.45. The van der Waals surface area contributed by atoms with Gasteiger partial charge >= 0.3 is 0 Å². The van der Waals surface area contributed by atoms with Crippen molar-refractivity contribution in [1.82, 2.24) is 4.90 Å². The number of hydrogen-bond donors (Lipinski definition) is 1. The Hall–Kier alpha value is -0.380. The summed E-state index contributed by atoms with van der Waals surface area (Å²) in [6.07, 6.45) is 4.98. The molecule has 2 N–H and O–H groups in total. The fourth-order valence-corrected chi connectivity index (χ4v) is 3.06. The average molecular weight is 224 g/mol. The average Bonchev–Trinajstić information content (AvgIpc) is 2.70. The van der Waals surface area contributed by atoms with Crippen molar-refractivity contribution in [2.45, 2.75) is 44.3 Å². The van der Waals surface area contributed by atoms with Crippen molar-refractivity contribution in [2.75, 3.05) is 7.05 Å². The lowest BCUT2D eigenvalue weighted by atomic mass is 9.90. The fraction of sp³-hybridized carbons (Fsp3) is 0.667. The summed E-state index contributed by atoms with van der Waals surface area (Å²) in [4.78, 5) is 2.46. The Morgan fingerprint density at radius 3 is 3.07 bits per heavy atom. The summed E-state index contributed by atoms with van der Waals surface area (Å²) in [5.41, 5.74) is 7.44. The van der Waals surface area contributed by atoms with Crippen molar-refractivity contribution in [1.29, 1.82) is 0 Å². The summed E-state index contributed by atoms with van der Waals surface area (Å²) in [5, 5.41) is 4.38. The Kier molecular flexibility index (Phi) is 3.78. The first-order valence-electron chi connectivity index (χ1n) is 5.72. The lowest BCUT2D eigenvalue weighted by Gasteiger charge is -2.33. The minimum atomic E-state index is 0.425. The van der Waals surface area contributed by atoms with Crippen molar-refractivity contribution in [3.05, 3.63) is 22.4 Å². The van der Waals surface area contributed by atoms with Crippen LogP contribution in [0.25, 0.3) is 0 Å². The van der Waals surface area contributed by atoms with Crippen LogP contribution in [0, 0.1) is 0 Å². The van der Waals surface area contributed by atoms with Crippen LogP contribution in [0.3, 0.4) is 0 Å². The van der Waals surface area contributed by atoms with Crippen molar-refractivity contribution in [2.24, 2.45) is 5.73 Å². The molecule has 2 nitrogen and oxygen atoms in total. The molecule has 1 aliphatic rings. The van der Waals surface area contributed by atoms with E-state index in [1.54, 1.807) is 11.3 Å². The lowest BCUT2D eigenvalue weighted by molar-refractivity contribution is 0.173. The standard InChI is InChI=1S/C12H20N2S/c1-14(8-10-5-6-15-9-10)12-4-2-3-11(13)7-12/h5-6,9,11-12H,2-4,7-8,13H2,1H3. The van der Waals surface area contributed by atoms with E-state index in [0.717, 1.165) is 6.54 Å². The Morgan fingerprint density at radius 1 is 1.53 bits per heavy atom. The van der Waals surface area contributed by atoms with Crippen molar-refractivity contribution in [3.8, 4) is 0 Å². The van der Waals surface area contributed by atoms with Gasteiger partial charge in [0.15, 0.2) is 0 Å². The van der Waals surface area contributed by atoms with Gasteiger partial charge < -0.3 is 5.73 Å². The zero-order chi connectivity index (χ0) is 10.7. The summed E-state index contributed by atoms with van der Waals surface area (Å²) in [5.74, 6) is 0. The normalized spacial score (nSPS) is 27.1. The third kappa shape index (κ3) is 3.03. The maximum absolute atomic E-state index is 6.01. The van der Waals surface area contributed by atoms with Crippen LogP contribution >= 0.6 is 11.3 Å². The van der Waals surface area contributed by atoms with E-state index in [1.165, 1.54) is 31.2 Å². The summed E-state index contributed by atoms with van der Waals surface area (Å²) >= 11 is 1.78. The molecule has 2 atom stereocenters. The molecular weight excluding hydrogens is 204 g/mol. The topological polar surface area (TPSA) is 29.3 Å². The van der Waals surface area contributed by atoms with E-state index in [4.69, 9.17) is 5.73 Å². The van der Waals surface area contributed by atoms with Crippen LogP contribution in [-0.4, -0.2) is 24.0 Å². The van der Waals surface area contributed by atoms with Gasteiger partial charge in [0.05, 0.1) is 0 Å². The van der Waals surface area contributed by atoms with Gasteiger partial charge in [0.2, 0.25) is 0 Å². The molecule has 0 bridgehead atoms. The molecule has 1 aromatic heterocycles. The highest BCUT2D eigenvalue weighted by atomic mass is 32.1. The zero-order valence-corrected chi connectivity index (χ0v) is 10.2. The largest absolute Gasteiger partial charge is 0.328 e. The molecule has 2 rings (SSSR count). The van der Waals surface area contributed by atoms with E-state index >= 15 is 0 Å². The molecule has 1 aliphatic carbocycles. The van der Waals surface area contributed by atoms with Gasteiger partial charge in [-0.1, -0.05) is 6.42 Å². The van der Waals surface area contributed by atoms with Crippen LogP contribution in [0.1, 0.15) is 31.2 Å². The smallest absolute Gasteiger partial charge is 0.0241 e. The second kappa shape index (κ2) is 5.10. The van der Waals surface area contributed by atoms with E-state index in [2.05, 4.69) is 28.8 Å². The van der Waals surface area contributed by atoms with Gasteiger partial charge in [0, 0.05) is 18.6 Å². The SMILES string of the molecule is CN(Cc1ccsc1)C1CCCC(N)C1. The summed E-state index contributed by atoms with van der Waals surface area (Å²) in [6.45, 7) is 1.07. The van der Waals surface area contributed by atoms with E-state index < -0.39 is 0 Å². The maximum Gasteiger partial charge on any atom is 0.0241 e. The summed E-state index contributed by atoms with van der Waals surface area (Å²) in [6, 6.07) is 3.33. The van der Waals surface area contributed by atoms with E-state index in [9.17, 15) is 0 Å². The number of nitrogens with two attached hydrogens (primary N) is 1. The quantitative estimate of drug-likeness (QED) is 0.854. The van der Waals surface area contributed by atoms with Crippen LogP contribution in [0.2, 0.25) is 0 Å². The third-order valence-corrected chi connectivity index (χ3v) is 4.05. The number of thiophene rings is 1. The van der Waals surface area contributed by atoms with Gasteiger partial charge in [-0.25, -0.2) is 0 Å². The van der Waals surface area contributed by atoms with Gasteiger partial charge in [0.25, 0.3) is 0 Å². The van der Waals surface area contributed by atoms with E-state index in [1.807, 2.05) is 0 Å². The molecular formula is C12H20N2S. The molecule has 0 aromatic carbocycles. The number of rotatable bonds is 3. The Bertz CT molecular complexity index is 284. The fourth-order valence-electron chi connectivity index (χ4n) is 2.40. The second-order valence-corrected chi connectivity index (χ2v) is 5.41. The Labute approximate surface area is 96.1 Å². The van der Waals surface area contributed by atoms with Gasteiger partial charge in [-0.05, 0) is 48.7 Å². The molecule has 2 unspecified atom stereocenters. The van der Waals surface area contributed by atoms with Crippen molar-refractivity contribution < 1.29 is 0 Å². The summed E-state index contributed by atoms with van der Waals surface area (Å²) in [7, 11) is 2.22. The molecule has 0 amide bonds. The third-order valence-electron chi connectivity index (χ3n) is 3.32. The zero-order valence-electron chi connectivity index (χ0n) is 9.36. The van der Waals surface area contributed by atoms with Gasteiger partial charge in [-0.3, -0.25) is 4.90 Å². The molecule has 0 spiro atoms. The lowest BCUT2D eigenvalue weighted by Crippen LogP contribution is -2.40. The van der Waals surface area contributed by atoms with E-state index in [-0.39, 0.29) is 0 Å². The van der Waals surface area contributed by atoms with Crippen LogP contribution in [-0.2, 0) is 6.54 Å². The molecule has 1 heterocycles. The van der Waals surface area contributed by atoms with Crippen molar-refractivity contribution >= 4 is 11.3 Å². The van der Waals surface area contributed by atoms with Crippen LogP contribution in [0.4, 0.5) is 0 Å². The Balaban J connectivity index is 1.87. The molecule has 1 saturated carbocycles. The summed E-state index contributed by atoms with van der Waals surface area (Å²) < 4.78 is 0. The molecule has 0 saturated heterocycles. The van der Waals surface area contributed by atoms with E-state index in [0.29, 0.717) is 12.1 Å². The minimum Gasteiger partial charge on any atom is -0.328 e. The van der Waals surface area contributed by atoms with Gasteiger partial charge in [-0.2, -0.15) is 11.3 Å². The molecule has 3 heteroatoms. The van der Waals surface area contributed by atoms with Crippen LogP contribution in [0.15, 0.2) is 16.8 Å². The second-order valence-electron chi connectivity index (χ2n) is 4.63. The molecule has 15 heavy (non-hydrogen) atoms. The highest BCUT2D eigenvalue weighted by Crippen LogP contribution is 2.22. The van der Waals surface area contributed by atoms with Gasteiger partial charge in [0.1, 0.15) is 0 Å². The Morgan fingerprint density at radius 2 is 2.40 bits per heavy atom. The highest BCUT2D eigenvalue weighted by Gasteiger charge is 2.22. The van der Waals surface area contributed by atoms with Gasteiger partial charge in [-0.15, -0.1) is 0 Å². The number of hydrogen-bond acceptors (Lipinski definition) is 3. The first-order chi connectivity index (χ1) is 7.25. The van der Waals surface area contributed by atoms with Crippen LogP contribution in [0.5, 0.6) is 0 Å².